The lowest BCUT2D eigenvalue weighted by molar-refractivity contribution is 0.0652. The summed E-state index contributed by atoms with van der Waals surface area (Å²) in [7, 11) is 3.93. The molecule has 0 unspecified atom stereocenters. The fourth-order valence-electron chi connectivity index (χ4n) is 4.72. The molecule has 186 valence electrons. The summed E-state index contributed by atoms with van der Waals surface area (Å²) >= 11 is 0. The number of carbonyl (C=O) groups is 1. The molecule has 0 aliphatic carbocycles. The summed E-state index contributed by atoms with van der Waals surface area (Å²) in [5, 5.41) is 6.42. The van der Waals surface area contributed by atoms with Crippen LogP contribution in [0.5, 0.6) is 11.5 Å². The first-order chi connectivity index (χ1) is 17.5. The Morgan fingerprint density at radius 3 is 2.50 bits per heavy atom. The van der Waals surface area contributed by atoms with Gasteiger partial charge < -0.3 is 34.5 Å². The van der Waals surface area contributed by atoms with Crippen molar-refractivity contribution in [2.75, 3.05) is 44.3 Å². The van der Waals surface area contributed by atoms with E-state index in [2.05, 4.69) is 20.6 Å². The molecule has 0 spiro atoms. The Morgan fingerprint density at radius 2 is 1.69 bits per heavy atom. The van der Waals surface area contributed by atoms with Gasteiger partial charge in [-0.2, -0.15) is 0 Å². The minimum absolute atomic E-state index is 0.136. The lowest BCUT2D eigenvalue weighted by Gasteiger charge is -2.19. The Morgan fingerprint density at radius 1 is 0.944 bits per heavy atom. The lowest BCUT2D eigenvalue weighted by Crippen LogP contribution is -2.44. The number of hydrogen-bond acceptors (Lipinski definition) is 9. The summed E-state index contributed by atoms with van der Waals surface area (Å²) < 4.78 is 22.9. The van der Waals surface area contributed by atoms with Crippen molar-refractivity contribution in [2.45, 2.75) is 24.3 Å². The van der Waals surface area contributed by atoms with Crippen LogP contribution in [0.2, 0.25) is 0 Å². The van der Waals surface area contributed by atoms with E-state index in [1.807, 2.05) is 67.5 Å². The molecule has 6 rings (SSSR count). The number of nitrogens with zero attached hydrogens (tertiary/aromatic N) is 3. The second kappa shape index (κ2) is 9.29. The molecule has 10 heteroatoms. The van der Waals surface area contributed by atoms with E-state index in [1.165, 1.54) is 0 Å². The Kier molecular flexibility index (Phi) is 5.82. The van der Waals surface area contributed by atoms with Gasteiger partial charge in [-0.25, -0.2) is 9.97 Å². The van der Waals surface area contributed by atoms with Crippen molar-refractivity contribution < 1.29 is 23.7 Å². The fourth-order valence-corrected chi connectivity index (χ4v) is 4.72. The number of benzene rings is 2. The number of nitrogens with one attached hydrogen (secondary N) is 2. The number of amides is 1. The second-order valence-electron chi connectivity index (χ2n) is 9.20. The Hall–Kier alpha value is -3.89. The van der Waals surface area contributed by atoms with Gasteiger partial charge in [-0.3, -0.25) is 4.79 Å². The fraction of sp³-hybridized carbons (Fsp3) is 0.346. The number of fused-ring (bicyclic) bond motifs is 2. The average Bonchev–Trinajstić information content (AvgIpc) is 3.62. The quantitative estimate of drug-likeness (QED) is 0.539. The third-order valence-corrected chi connectivity index (χ3v) is 6.65. The third-order valence-electron chi connectivity index (χ3n) is 6.65. The Labute approximate surface area is 208 Å². The number of rotatable bonds is 6. The predicted octanol–water partition coefficient (Wildman–Crippen LogP) is 2.31. The Balaban J connectivity index is 1.10. The molecule has 0 saturated carbocycles. The SMILES string of the molecule is CN(C)c1ccc(C(=O)N[C@H]2CO[C@H]3[C@@H]2OC[C@@H]3Nc2nccc(-c3ccc4c(c3)OCO4)n2)cc1. The molecule has 36 heavy (non-hydrogen) atoms. The first-order valence-corrected chi connectivity index (χ1v) is 11.9. The molecule has 0 radical (unpaired) electrons. The van der Waals surface area contributed by atoms with E-state index in [1.54, 1.807) is 6.20 Å². The minimum atomic E-state index is -0.246. The zero-order valence-corrected chi connectivity index (χ0v) is 20.0. The molecule has 4 heterocycles. The highest BCUT2D eigenvalue weighted by molar-refractivity contribution is 5.94. The van der Waals surface area contributed by atoms with Gasteiger partial charge in [-0.05, 0) is 48.5 Å². The smallest absolute Gasteiger partial charge is 0.251 e. The van der Waals surface area contributed by atoms with Crippen LogP contribution in [0.1, 0.15) is 10.4 Å². The molecular weight excluding hydrogens is 462 g/mol. The molecule has 1 amide bonds. The first-order valence-electron chi connectivity index (χ1n) is 11.9. The van der Waals surface area contributed by atoms with Crippen LogP contribution in [0.4, 0.5) is 11.6 Å². The van der Waals surface area contributed by atoms with Crippen LogP contribution in [0, 0.1) is 0 Å². The molecule has 1 aromatic heterocycles. The standard InChI is InChI=1S/C26H27N5O5/c1-31(2)17-6-3-15(4-7-17)25(32)28-19-12-33-24-20(13-34-23(19)24)30-26-27-10-9-18(29-26)16-5-8-21-22(11-16)36-14-35-21/h3-11,19-20,23-24H,12-14H2,1-2H3,(H,28,32)(H,27,29,30)/t19-,20-,23+,24+/m0/s1. The maximum atomic E-state index is 12.8. The molecule has 3 aromatic rings. The van der Waals surface area contributed by atoms with E-state index in [4.69, 9.17) is 18.9 Å². The molecule has 3 aliphatic heterocycles. The third kappa shape index (κ3) is 4.29. The summed E-state index contributed by atoms with van der Waals surface area (Å²) in [5.74, 6) is 1.77. The molecule has 2 saturated heterocycles. The van der Waals surface area contributed by atoms with Crippen LogP contribution < -0.4 is 25.0 Å². The van der Waals surface area contributed by atoms with Gasteiger partial charge in [0.15, 0.2) is 11.5 Å². The maximum Gasteiger partial charge on any atom is 0.251 e. The van der Waals surface area contributed by atoms with E-state index in [-0.39, 0.29) is 37.0 Å². The van der Waals surface area contributed by atoms with Crippen molar-refractivity contribution in [1.29, 1.82) is 0 Å². The van der Waals surface area contributed by atoms with Gasteiger partial charge in [0.2, 0.25) is 12.7 Å². The zero-order chi connectivity index (χ0) is 24.6. The number of carbonyl (C=O) groups excluding carboxylic acids is 1. The monoisotopic (exact) mass is 489 g/mol. The predicted molar refractivity (Wildman–Crippen MR) is 133 cm³/mol. The highest BCUT2D eigenvalue weighted by atomic mass is 16.7. The van der Waals surface area contributed by atoms with E-state index in [9.17, 15) is 4.79 Å². The molecular formula is C26H27N5O5. The molecule has 4 atom stereocenters. The highest BCUT2D eigenvalue weighted by Crippen LogP contribution is 2.35. The van der Waals surface area contributed by atoms with Crippen LogP contribution >= 0.6 is 0 Å². The summed E-state index contributed by atoms with van der Waals surface area (Å²) in [6.07, 6.45) is 1.25. The van der Waals surface area contributed by atoms with Crippen LogP contribution in [0.15, 0.2) is 54.7 Å². The second-order valence-corrected chi connectivity index (χ2v) is 9.20. The van der Waals surface area contributed by atoms with Gasteiger partial charge >= 0.3 is 0 Å². The summed E-state index contributed by atoms with van der Waals surface area (Å²) in [5.41, 5.74) is 3.31. The lowest BCUT2D eigenvalue weighted by atomic mass is 10.1. The van der Waals surface area contributed by atoms with E-state index in [0.29, 0.717) is 30.5 Å². The topological polar surface area (TPSA) is 107 Å². The number of ether oxygens (including phenoxy) is 4. The normalized spacial score (nSPS) is 23.8. The van der Waals surface area contributed by atoms with Crippen molar-refractivity contribution in [3.63, 3.8) is 0 Å². The van der Waals surface area contributed by atoms with Gasteiger partial charge in [-0.1, -0.05) is 0 Å². The summed E-state index contributed by atoms with van der Waals surface area (Å²) in [6.45, 7) is 1.04. The number of aromatic nitrogens is 2. The van der Waals surface area contributed by atoms with Crippen molar-refractivity contribution in [3.05, 3.63) is 60.3 Å². The Bertz CT molecular complexity index is 1270. The van der Waals surface area contributed by atoms with Crippen molar-refractivity contribution >= 4 is 17.5 Å². The van der Waals surface area contributed by atoms with Crippen LogP contribution in [0.3, 0.4) is 0 Å². The summed E-state index contributed by atoms with van der Waals surface area (Å²) in [4.78, 5) is 23.8. The molecule has 2 N–H and O–H groups in total. The van der Waals surface area contributed by atoms with Gasteiger partial charge in [0.1, 0.15) is 12.2 Å². The summed E-state index contributed by atoms with van der Waals surface area (Å²) in [6, 6.07) is 14.7. The zero-order valence-electron chi connectivity index (χ0n) is 20.0. The van der Waals surface area contributed by atoms with Gasteiger partial charge in [0.05, 0.1) is 31.0 Å². The minimum Gasteiger partial charge on any atom is -0.454 e. The molecule has 3 aliphatic rings. The van der Waals surface area contributed by atoms with Crippen molar-refractivity contribution in [1.82, 2.24) is 15.3 Å². The van der Waals surface area contributed by atoms with E-state index < -0.39 is 0 Å². The van der Waals surface area contributed by atoms with Crippen molar-refractivity contribution in [2.24, 2.45) is 0 Å². The number of hydrogen-bond donors (Lipinski definition) is 2. The maximum absolute atomic E-state index is 12.8. The van der Waals surface area contributed by atoms with Crippen LogP contribution in [-0.2, 0) is 9.47 Å². The average molecular weight is 490 g/mol. The van der Waals surface area contributed by atoms with Crippen molar-refractivity contribution in [3.8, 4) is 22.8 Å². The molecule has 2 fully saturated rings. The number of anilines is 2. The van der Waals surface area contributed by atoms with Gasteiger partial charge in [0, 0.05) is 37.1 Å². The van der Waals surface area contributed by atoms with Gasteiger partial charge in [-0.15, -0.1) is 0 Å². The van der Waals surface area contributed by atoms with E-state index >= 15 is 0 Å². The molecule has 10 nitrogen and oxygen atoms in total. The largest absolute Gasteiger partial charge is 0.454 e. The van der Waals surface area contributed by atoms with Crippen LogP contribution in [-0.4, -0.2) is 74.3 Å². The highest BCUT2D eigenvalue weighted by Gasteiger charge is 2.48. The molecule has 0 bridgehead atoms. The van der Waals surface area contributed by atoms with E-state index in [0.717, 1.165) is 22.7 Å². The first kappa shape index (κ1) is 22.6. The molecule has 2 aromatic carbocycles. The van der Waals surface area contributed by atoms with Crippen LogP contribution in [0.25, 0.3) is 11.3 Å². The van der Waals surface area contributed by atoms with Gasteiger partial charge in [0.25, 0.3) is 5.91 Å².